The van der Waals surface area contributed by atoms with Crippen molar-refractivity contribution in [2.45, 2.75) is 24.7 Å². The zero-order chi connectivity index (χ0) is 21.1. The van der Waals surface area contributed by atoms with Gasteiger partial charge in [0.2, 0.25) is 0 Å². The largest absolute Gasteiger partial charge is 0.334 e. The Labute approximate surface area is 179 Å². The van der Waals surface area contributed by atoms with E-state index in [1.54, 1.807) is 59.9 Å². The lowest BCUT2D eigenvalue weighted by Gasteiger charge is -2.19. The molecule has 30 heavy (non-hydrogen) atoms. The molecular weight excluding hydrogens is 420 g/mol. The SMILES string of the molecule is CCc1nc(Cc2noc(-c3ccc(S(=O)(=O)N(C)c4ccccc4)cc3)n2)cs1. The topological polar surface area (TPSA) is 89.2 Å². The molecule has 2 aromatic heterocycles. The number of hydrogen-bond acceptors (Lipinski definition) is 7. The van der Waals surface area contributed by atoms with Crippen LogP contribution in [-0.2, 0) is 22.9 Å². The van der Waals surface area contributed by atoms with Gasteiger partial charge < -0.3 is 4.52 Å². The summed E-state index contributed by atoms with van der Waals surface area (Å²) in [4.78, 5) is 9.11. The Kier molecular flexibility index (Phi) is 5.65. The molecule has 4 rings (SSSR count). The van der Waals surface area contributed by atoms with E-state index >= 15 is 0 Å². The smallest absolute Gasteiger partial charge is 0.264 e. The molecule has 0 bridgehead atoms. The lowest BCUT2D eigenvalue weighted by atomic mass is 10.2. The fourth-order valence-electron chi connectivity index (χ4n) is 2.90. The predicted octanol–water partition coefficient (Wildman–Crippen LogP) is 4.17. The number of aryl methyl sites for hydroxylation is 1. The van der Waals surface area contributed by atoms with Gasteiger partial charge in [0.05, 0.1) is 27.7 Å². The number of nitrogens with zero attached hydrogens (tertiary/aromatic N) is 4. The summed E-state index contributed by atoms with van der Waals surface area (Å²) < 4.78 is 32.4. The third kappa shape index (κ3) is 4.12. The molecule has 0 radical (unpaired) electrons. The number of rotatable bonds is 7. The zero-order valence-electron chi connectivity index (χ0n) is 16.5. The number of hydrogen-bond donors (Lipinski definition) is 0. The van der Waals surface area contributed by atoms with Crippen LogP contribution in [0.3, 0.4) is 0 Å². The van der Waals surface area contributed by atoms with Crippen LogP contribution in [0.4, 0.5) is 5.69 Å². The van der Waals surface area contributed by atoms with E-state index in [1.165, 1.54) is 11.4 Å². The molecule has 0 spiro atoms. The van der Waals surface area contributed by atoms with Gasteiger partial charge in [-0.3, -0.25) is 4.31 Å². The highest BCUT2D eigenvalue weighted by molar-refractivity contribution is 7.92. The summed E-state index contributed by atoms with van der Waals surface area (Å²) in [6.45, 7) is 2.07. The van der Waals surface area contributed by atoms with Gasteiger partial charge in [-0.05, 0) is 42.8 Å². The molecule has 9 heteroatoms. The van der Waals surface area contributed by atoms with Crippen molar-refractivity contribution >= 4 is 27.0 Å². The molecule has 0 unspecified atom stereocenters. The Balaban J connectivity index is 1.52. The van der Waals surface area contributed by atoms with E-state index in [2.05, 4.69) is 22.0 Å². The molecule has 0 fully saturated rings. The second-order valence-corrected chi connectivity index (χ2v) is 9.52. The third-order valence-corrected chi connectivity index (χ3v) is 7.43. The maximum atomic E-state index is 12.9. The highest BCUT2D eigenvalue weighted by Crippen LogP contribution is 2.25. The monoisotopic (exact) mass is 440 g/mol. The van der Waals surface area contributed by atoms with Gasteiger partial charge in [0.1, 0.15) is 0 Å². The lowest BCUT2D eigenvalue weighted by molar-refractivity contribution is 0.423. The number of sulfonamides is 1. The maximum absolute atomic E-state index is 12.9. The van der Waals surface area contributed by atoms with Crippen LogP contribution in [-0.4, -0.2) is 30.6 Å². The first-order chi connectivity index (χ1) is 14.5. The Bertz CT molecular complexity index is 1230. The van der Waals surface area contributed by atoms with Crippen LogP contribution in [0.1, 0.15) is 23.4 Å². The van der Waals surface area contributed by atoms with Gasteiger partial charge in [-0.2, -0.15) is 4.98 Å². The van der Waals surface area contributed by atoms with E-state index < -0.39 is 10.0 Å². The molecule has 154 valence electrons. The van der Waals surface area contributed by atoms with E-state index in [1.807, 2.05) is 11.4 Å². The molecule has 4 aromatic rings. The molecule has 0 aliphatic heterocycles. The van der Waals surface area contributed by atoms with Gasteiger partial charge in [0.25, 0.3) is 15.9 Å². The van der Waals surface area contributed by atoms with Crippen LogP contribution in [0.2, 0.25) is 0 Å². The van der Waals surface area contributed by atoms with Crippen molar-refractivity contribution in [3.63, 3.8) is 0 Å². The van der Waals surface area contributed by atoms with Gasteiger partial charge in [-0.15, -0.1) is 11.3 Å². The third-order valence-electron chi connectivity index (χ3n) is 4.59. The number of para-hydroxylation sites is 1. The Morgan fingerprint density at radius 2 is 1.77 bits per heavy atom. The molecule has 0 aliphatic rings. The lowest BCUT2D eigenvalue weighted by Crippen LogP contribution is -2.26. The molecule has 0 aliphatic carbocycles. The summed E-state index contributed by atoms with van der Waals surface area (Å²) in [6, 6.07) is 15.4. The molecular formula is C21H20N4O3S2. The van der Waals surface area contributed by atoms with E-state index in [9.17, 15) is 8.42 Å². The molecule has 7 nitrogen and oxygen atoms in total. The van der Waals surface area contributed by atoms with E-state index in [-0.39, 0.29) is 4.90 Å². The number of anilines is 1. The summed E-state index contributed by atoms with van der Waals surface area (Å²) in [5.74, 6) is 0.884. The zero-order valence-corrected chi connectivity index (χ0v) is 18.2. The van der Waals surface area contributed by atoms with Crippen molar-refractivity contribution < 1.29 is 12.9 Å². The fourth-order valence-corrected chi connectivity index (χ4v) is 4.84. The Morgan fingerprint density at radius 3 is 2.43 bits per heavy atom. The van der Waals surface area contributed by atoms with Crippen LogP contribution in [0, 0.1) is 0 Å². The first-order valence-corrected chi connectivity index (χ1v) is 11.7. The van der Waals surface area contributed by atoms with Crippen molar-refractivity contribution in [3.05, 3.63) is 76.5 Å². The minimum Gasteiger partial charge on any atom is -0.334 e. The summed E-state index contributed by atoms with van der Waals surface area (Å²) in [5, 5.41) is 7.09. The standard InChI is InChI=1S/C21H20N4O3S2/c1-3-20-22-16(14-29-20)13-19-23-21(28-24-19)15-9-11-18(12-10-15)30(26,27)25(2)17-7-5-4-6-8-17/h4-12,14H,3,13H2,1-2H3. The molecule has 2 aromatic carbocycles. The minimum absolute atomic E-state index is 0.187. The highest BCUT2D eigenvalue weighted by Gasteiger charge is 2.21. The normalized spacial score (nSPS) is 11.5. The molecule has 0 saturated carbocycles. The van der Waals surface area contributed by atoms with Crippen LogP contribution >= 0.6 is 11.3 Å². The fraction of sp³-hybridized carbons (Fsp3) is 0.190. The molecule has 2 heterocycles. The first kappa shape index (κ1) is 20.2. The van der Waals surface area contributed by atoms with Crippen LogP contribution in [0.15, 0.2) is 69.4 Å². The Morgan fingerprint density at radius 1 is 1.03 bits per heavy atom. The average Bonchev–Trinajstić information content (AvgIpc) is 3.43. The van der Waals surface area contributed by atoms with Crippen LogP contribution < -0.4 is 4.31 Å². The molecule has 0 saturated heterocycles. The van der Waals surface area contributed by atoms with Gasteiger partial charge in [-0.1, -0.05) is 30.3 Å². The van der Waals surface area contributed by atoms with Gasteiger partial charge in [0, 0.05) is 18.0 Å². The highest BCUT2D eigenvalue weighted by atomic mass is 32.2. The minimum atomic E-state index is -3.67. The van der Waals surface area contributed by atoms with Crippen molar-refractivity contribution in [2.75, 3.05) is 11.4 Å². The van der Waals surface area contributed by atoms with E-state index in [0.717, 1.165) is 17.1 Å². The average molecular weight is 441 g/mol. The van der Waals surface area contributed by atoms with Crippen LogP contribution in [0.5, 0.6) is 0 Å². The Hall–Kier alpha value is -3.04. The molecule has 0 atom stereocenters. The quantitative estimate of drug-likeness (QED) is 0.428. The van der Waals surface area contributed by atoms with Gasteiger partial charge in [-0.25, -0.2) is 13.4 Å². The number of thiazole rings is 1. The van der Waals surface area contributed by atoms with Crippen molar-refractivity contribution in [1.29, 1.82) is 0 Å². The second-order valence-electron chi connectivity index (χ2n) is 6.61. The predicted molar refractivity (Wildman–Crippen MR) is 116 cm³/mol. The number of benzene rings is 2. The van der Waals surface area contributed by atoms with Gasteiger partial charge in [0.15, 0.2) is 5.82 Å². The van der Waals surface area contributed by atoms with Crippen molar-refractivity contribution in [3.8, 4) is 11.5 Å². The van der Waals surface area contributed by atoms with E-state index in [0.29, 0.717) is 29.4 Å². The maximum Gasteiger partial charge on any atom is 0.264 e. The van der Waals surface area contributed by atoms with Gasteiger partial charge >= 0.3 is 0 Å². The molecule has 0 amide bonds. The summed E-state index contributed by atoms with van der Waals surface area (Å²) in [6.07, 6.45) is 1.39. The summed E-state index contributed by atoms with van der Waals surface area (Å²) in [5.41, 5.74) is 2.16. The van der Waals surface area contributed by atoms with Crippen molar-refractivity contribution in [1.82, 2.24) is 15.1 Å². The molecule has 0 N–H and O–H groups in total. The summed E-state index contributed by atoms with van der Waals surface area (Å²) in [7, 11) is -2.13. The van der Waals surface area contributed by atoms with Crippen LogP contribution in [0.25, 0.3) is 11.5 Å². The first-order valence-electron chi connectivity index (χ1n) is 9.37. The number of aromatic nitrogens is 3. The summed E-state index contributed by atoms with van der Waals surface area (Å²) >= 11 is 1.62. The van der Waals surface area contributed by atoms with Crippen molar-refractivity contribution in [2.24, 2.45) is 0 Å². The second kappa shape index (κ2) is 8.37. The van der Waals surface area contributed by atoms with E-state index in [4.69, 9.17) is 4.52 Å².